The number of nitrogens with zero attached hydrogens (tertiary/aromatic N) is 6. The van der Waals surface area contributed by atoms with Crippen molar-refractivity contribution in [2.45, 2.75) is 19.4 Å². The number of halogens is 1. The summed E-state index contributed by atoms with van der Waals surface area (Å²) in [4.78, 5) is 4.79. The highest BCUT2D eigenvalue weighted by Gasteiger charge is 2.46. The third-order valence-electron chi connectivity index (χ3n) is 6.09. The van der Waals surface area contributed by atoms with Crippen LogP contribution in [0.3, 0.4) is 0 Å². The van der Waals surface area contributed by atoms with Crippen LogP contribution in [0.1, 0.15) is 24.2 Å². The van der Waals surface area contributed by atoms with Gasteiger partial charge in [0.2, 0.25) is 5.65 Å². The average molecular weight is 366 g/mol. The molecular weight excluding hydrogens is 343 g/mol. The molecule has 7 heteroatoms. The summed E-state index contributed by atoms with van der Waals surface area (Å²) < 4.78 is 15.6. The summed E-state index contributed by atoms with van der Waals surface area (Å²) in [6.07, 6.45) is 2.54. The molecular formula is C20H23FN6. The van der Waals surface area contributed by atoms with Gasteiger partial charge in [-0.05, 0) is 43.1 Å². The second kappa shape index (κ2) is 6.27. The van der Waals surface area contributed by atoms with Gasteiger partial charge in [-0.15, -0.1) is 10.2 Å². The van der Waals surface area contributed by atoms with Gasteiger partial charge in [0.1, 0.15) is 12.1 Å². The van der Waals surface area contributed by atoms with E-state index >= 15 is 0 Å². The fourth-order valence-electron chi connectivity index (χ4n) is 4.91. The van der Waals surface area contributed by atoms with Gasteiger partial charge < -0.3 is 4.90 Å². The summed E-state index contributed by atoms with van der Waals surface area (Å²) in [5.74, 6) is 0.869. The second-order valence-electron chi connectivity index (χ2n) is 7.74. The van der Waals surface area contributed by atoms with E-state index in [1.54, 1.807) is 16.9 Å². The molecule has 0 spiro atoms. The molecule has 0 unspecified atom stereocenters. The smallest absolute Gasteiger partial charge is 0.200 e. The monoisotopic (exact) mass is 366 g/mol. The zero-order valence-corrected chi connectivity index (χ0v) is 15.6. The first kappa shape index (κ1) is 16.6. The topological polar surface area (TPSA) is 49.6 Å². The van der Waals surface area contributed by atoms with Gasteiger partial charge >= 0.3 is 0 Å². The Morgan fingerprint density at radius 2 is 2.07 bits per heavy atom. The van der Waals surface area contributed by atoms with Crippen molar-refractivity contribution in [3.05, 3.63) is 53.7 Å². The van der Waals surface area contributed by atoms with Crippen LogP contribution in [-0.4, -0.2) is 51.4 Å². The summed E-state index contributed by atoms with van der Waals surface area (Å²) >= 11 is 0. The zero-order valence-electron chi connectivity index (χ0n) is 15.6. The van der Waals surface area contributed by atoms with Crippen molar-refractivity contribution >= 4 is 11.3 Å². The molecule has 0 N–H and O–H groups in total. The maximum atomic E-state index is 13.8. The van der Waals surface area contributed by atoms with Crippen molar-refractivity contribution in [2.24, 2.45) is 11.8 Å². The van der Waals surface area contributed by atoms with Crippen LogP contribution in [0, 0.1) is 17.7 Å². The molecule has 0 amide bonds. The van der Waals surface area contributed by atoms with E-state index in [0.29, 0.717) is 11.8 Å². The Morgan fingerprint density at radius 1 is 1.19 bits per heavy atom. The highest BCUT2D eigenvalue weighted by molar-refractivity contribution is 5.69. The average Bonchev–Trinajstić information content (AvgIpc) is 3.34. The van der Waals surface area contributed by atoms with Crippen LogP contribution in [0.5, 0.6) is 0 Å². The number of fused-ring (bicyclic) bond motifs is 2. The van der Waals surface area contributed by atoms with Crippen molar-refractivity contribution in [3.63, 3.8) is 0 Å². The van der Waals surface area contributed by atoms with E-state index < -0.39 is 0 Å². The molecule has 6 nitrogen and oxygen atoms in total. The van der Waals surface area contributed by atoms with Gasteiger partial charge in [-0.2, -0.15) is 9.61 Å². The van der Waals surface area contributed by atoms with Gasteiger partial charge in [0.15, 0.2) is 0 Å². The minimum Gasteiger partial charge on any atom is -0.368 e. The van der Waals surface area contributed by atoms with E-state index in [9.17, 15) is 4.39 Å². The minimum absolute atomic E-state index is 0.161. The number of likely N-dealkylation sites (tertiary alicyclic amines) is 1. The lowest BCUT2D eigenvalue weighted by atomic mass is 9.89. The summed E-state index contributed by atoms with van der Waals surface area (Å²) in [5, 5.41) is 12.9. The van der Waals surface area contributed by atoms with Crippen LogP contribution >= 0.6 is 0 Å². The molecule has 3 aromatic rings. The summed E-state index contributed by atoms with van der Waals surface area (Å²) in [5.41, 5.74) is 4.02. The van der Waals surface area contributed by atoms with E-state index in [1.807, 2.05) is 12.1 Å². The van der Waals surface area contributed by atoms with E-state index in [0.717, 1.165) is 48.6 Å². The van der Waals surface area contributed by atoms with E-state index in [2.05, 4.69) is 45.1 Å². The van der Waals surface area contributed by atoms with Crippen LogP contribution in [0.15, 0.2) is 36.7 Å². The van der Waals surface area contributed by atoms with Gasteiger partial charge in [0.05, 0.1) is 11.4 Å². The predicted molar refractivity (Wildman–Crippen MR) is 101 cm³/mol. The maximum absolute atomic E-state index is 13.8. The molecule has 27 heavy (non-hydrogen) atoms. The number of hydrogen-bond acceptors (Lipinski definition) is 5. The highest BCUT2D eigenvalue weighted by Crippen LogP contribution is 2.45. The molecule has 5 rings (SSSR count). The van der Waals surface area contributed by atoms with Gasteiger partial charge in [-0.3, -0.25) is 4.90 Å². The lowest BCUT2D eigenvalue weighted by molar-refractivity contribution is 0.279. The Morgan fingerprint density at radius 3 is 2.89 bits per heavy atom. The fourth-order valence-corrected chi connectivity index (χ4v) is 4.91. The molecule has 0 bridgehead atoms. The largest absolute Gasteiger partial charge is 0.368 e. The minimum atomic E-state index is -0.161. The Balaban J connectivity index is 1.49. The lowest BCUT2D eigenvalue weighted by Crippen LogP contribution is -2.29. The number of aryl methyl sites for hydroxylation is 1. The Labute approximate surface area is 157 Å². The van der Waals surface area contributed by atoms with Crippen LogP contribution < -0.4 is 4.90 Å². The van der Waals surface area contributed by atoms with E-state index in [-0.39, 0.29) is 11.9 Å². The molecule has 2 fully saturated rings. The van der Waals surface area contributed by atoms with Crippen LogP contribution in [0.25, 0.3) is 5.65 Å². The molecule has 2 aliphatic rings. The molecule has 0 radical (unpaired) electrons. The van der Waals surface area contributed by atoms with Crippen molar-refractivity contribution < 1.29 is 4.39 Å². The highest BCUT2D eigenvalue weighted by atomic mass is 19.1. The first-order valence-electron chi connectivity index (χ1n) is 9.54. The molecule has 4 heterocycles. The molecule has 2 saturated heterocycles. The van der Waals surface area contributed by atoms with Gasteiger partial charge in [-0.1, -0.05) is 19.1 Å². The van der Waals surface area contributed by atoms with Crippen LogP contribution in [-0.2, 0) is 6.42 Å². The third kappa shape index (κ3) is 2.68. The van der Waals surface area contributed by atoms with Crippen LogP contribution in [0.2, 0.25) is 0 Å². The van der Waals surface area contributed by atoms with Crippen molar-refractivity contribution in [1.82, 2.24) is 24.7 Å². The molecule has 3 atom stereocenters. The Hall–Kier alpha value is -2.54. The third-order valence-corrected chi connectivity index (χ3v) is 6.09. The Kier molecular flexibility index (Phi) is 3.86. The lowest BCUT2D eigenvalue weighted by Gasteiger charge is -2.27. The summed E-state index contributed by atoms with van der Waals surface area (Å²) in [7, 11) is 2.15. The standard InChI is InChI=1S/C20H23FN6/c1-3-16-8-18(20-23-22-12-27(20)24-16)26-10-14-9-25(2)19(17(14)11-26)13-5-4-6-15(21)7-13/h4-8,12,14,17,19H,3,9-11H2,1-2H3/t14-,17+,19-/m0/s1. The number of aromatic nitrogens is 4. The van der Waals surface area contributed by atoms with Crippen LogP contribution in [0.4, 0.5) is 10.1 Å². The second-order valence-corrected chi connectivity index (χ2v) is 7.74. The number of anilines is 1. The number of benzene rings is 1. The first-order chi connectivity index (χ1) is 13.1. The van der Waals surface area contributed by atoms with Gasteiger partial charge in [-0.25, -0.2) is 4.39 Å². The maximum Gasteiger partial charge on any atom is 0.200 e. The number of rotatable bonds is 3. The first-order valence-corrected chi connectivity index (χ1v) is 9.54. The molecule has 140 valence electrons. The van der Waals surface area contributed by atoms with Gasteiger partial charge in [0.25, 0.3) is 0 Å². The molecule has 0 saturated carbocycles. The normalized spacial score (nSPS) is 25.4. The fraction of sp³-hybridized carbons (Fsp3) is 0.450. The number of hydrogen-bond donors (Lipinski definition) is 0. The summed E-state index contributed by atoms with van der Waals surface area (Å²) in [6, 6.07) is 9.46. The van der Waals surface area contributed by atoms with Crippen molar-refractivity contribution in [1.29, 1.82) is 0 Å². The van der Waals surface area contributed by atoms with Crippen molar-refractivity contribution in [2.75, 3.05) is 31.6 Å². The van der Waals surface area contributed by atoms with Gasteiger partial charge in [0, 0.05) is 31.6 Å². The Bertz CT molecular complexity index is 986. The summed E-state index contributed by atoms with van der Waals surface area (Å²) in [6.45, 7) is 5.05. The van der Waals surface area contributed by atoms with E-state index in [1.165, 1.54) is 6.07 Å². The van der Waals surface area contributed by atoms with Crippen molar-refractivity contribution in [3.8, 4) is 0 Å². The predicted octanol–water partition coefficient (Wildman–Crippen LogP) is 2.56. The molecule has 1 aromatic carbocycles. The molecule has 2 aromatic heterocycles. The molecule has 2 aliphatic heterocycles. The zero-order chi connectivity index (χ0) is 18.5. The quantitative estimate of drug-likeness (QED) is 0.713. The van der Waals surface area contributed by atoms with E-state index in [4.69, 9.17) is 0 Å². The molecule has 0 aliphatic carbocycles. The SMILES string of the molecule is CCc1cc(N2C[C@@H]3CN(C)[C@@H](c4cccc(F)c4)[C@@H]3C2)c2nncn2n1.